The number of carbonyl (C=O) groups is 2. The summed E-state index contributed by atoms with van der Waals surface area (Å²) < 4.78 is 26.2. The Balaban J connectivity index is 0.000000176. The lowest BCUT2D eigenvalue weighted by atomic mass is 10.1. The number of carboxylic acids is 1. The van der Waals surface area contributed by atoms with Gasteiger partial charge in [-0.25, -0.2) is 19.7 Å². The summed E-state index contributed by atoms with van der Waals surface area (Å²) in [5, 5.41) is 36.4. The highest BCUT2D eigenvalue weighted by molar-refractivity contribution is 5.99. The second-order valence-corrected chi connectivity index (χ2v) is 14.2. The number of nitrogens with zero attached hydrogens (tertiary/aromatic N) is 7. The number of Topliss-reactive ketones (excluding diaryl/α,β-unsaturated/α-hetero) is 1. The molecule has 0 spiro atoms. The van der Waals surface area contributed by atoms with Gasteiger partial charge in [0.15, 0.2) is 22.9 Å². The summed E-state index contributed by atoms with van der Waals surface area (Å²) in [5.74, 6) is 2.86. The predicted molar refractivity (Wildman–Crippen MR) is 230 cm³/mol. The summed E-state index contributed by atoms with van der Waals surface area (Å²) in [6.07, 6.45) is 1.53. The average molecular weight is 845 g/mol. The Morgan fingerprint density at radius 3 is 2.13 bits per heavy atom. The van der Waals surface area contributed by atoms with Crippen LogP contribution in [0.2, 0.25) is 0 Å². The number of fused-ring (bicyclic) bond motifs is 4. The topological polar surface area (TPSA) is 249 Å². The zero-order valence-corrected chi connectivity index (χ0v) is 33.9. The molecule has 4 aromatic heterocycles. The maximum atomic E-state index is 12.7. The van der Waals surface area contributed by atoms with E-state index in [-0.39, 0.29) is 37.8 Å². The molecule has 0 radical (unpaired) electrons. The third-order valence-corrected chi connectivity index (χ3v) is 9.98. The van der Waals surface area contributed by atoms with Gasteiger partial charge in [-0.2, -0.15) is 4.98 Å². The number of ether oxygens (including phenoxy) is 2. The molecule has 19 heteroatoms. The van der Waals surface area contributed by atoms with Crippen LogP contribution in [0.1, 0.15) is 45.3 Å². The van der Waals surface area contributed by atoms with Crippen molar-refractivity contribution in [3.63, 3.8) is 0 Å². The molecule has 9 rings (SSSR count). The molecule has 0 saturated heterocycles. The first-order valence-corrected chi connectivity index (χ1v) is 19.9. The molecule has 320 valence electrons. The number of oxazole rings is 2. The Bertz CT molecular complexity index is 2930. The van der Waals surface area contributed by atoms with E-state index in [0.29, 0.717) is 87.5 Å². The molecule has 19 nitrogen and oxygen atoms in total. The summed E-state index contributed by atoms with van der Waals surface area (Å²) in [5.41, 5.74) is 6.39. The van der Waals surface area contributed by atoms with Crippen LogP contribution in [0.15, 0.2) is 86.6 Å². The van der Waals surface area contributed by atoms with E-state index in [2.05, 4.69) is 40.9 Å². The van der Waals surface area contributed by atoms with Gasteiger partial charge in [0.05, 0.1) is 53.8 Å². The molecule has 0 atom stereocenters. The fraction of sp³-hybridized carbons (Fsp3) is 0.279. The Kier molecular flexibility index (Phi) is 12.2. The summed E-state index contributed by atoms with van der Waals surface area (Å²) in [4.78, 5) is 46.2. The molecule has 62 heavy (non-hydrogen) atoms. The highest BCUT2D eigenvalue weighted by atomic mass is 16.5. The van der Waals surface area contributed by atoms with Crippen molar-refractivity contribution in [2.45, 2.75) is 19.3 Å². The maximum Gasteiger partial charge on any atom is 0.335 e. The van der Waals surface area contributed by atoms with Crippen molar-refractivity contribution in [3.8, 4) is 11.5 Å². The molecule has 0 saturated carbocycles. The zero-order valence-electron chi connectivity index (χ0n) is 33.9. The first-order chi connectivity index (χ1) is 30.1. The number of aromatic nitrogens is 6. The smallest absolute Gasteiger partial charge is 0.335 e. The van der Waals surface area contributed by atoms with E-state index >= 15 is 0 Å². The van der Waals surface area contributed by atoms with Crippen LogP contribution in [-0.4, -0.2) is 108 Å². The van der Waals surface area contributed by atoms with E-state index in [1.165, 1.54) is 0 Å². The highest BCUT2D eigenvalue weighted by Crippen LogP contribution is 2.28. The molecule has 1 aliphatic heterocycles. The Hall–Kier alpha value is -7.51. The molecule has 8 aromatic rings. The Labute approximate surface area is 353 Å². The van der Waals surface area contributed by atoms with Gasteiger partial charge in [0, 0.05) is 51.3 Å². The number of hydrogen-bond donors (Lipinski definition) is 6. The van der Waals surface area contributed by atoms with Gasteiger partial charge in [0.2, 0.25) is 11.8 Å². The number of aromatic carboxylic acids is 1. The van der Waals surface area contributed by atoms with E-state index in [1.54, 1.807) is 54.6 Å². The average Bonchev–Trinajstić information content (AvgIpc) is 4.12. The summed E-state index contributed by atoms with van der Waals surface area (Å²) >= 11 is 0. The molecule has 0 unspecified atom stereocenters. The molecular formula is C43H44N10O9. The molecule has 6 N–H and O–H groups in total. The molecule has 4 aromatic carbocycles. The standard InChI is InChI=1S/C24H27N7O4.C19H17N3O5/c1-31-19-7-4-15(20(33)3-2-8-25-22-26-9-10-27-22)13-18(19)28-23(31)30-24-29-17-6-5-16(34-12-11-32)14-21(17)35-24;1-22-15-5-2-11(19(24)25)8-14(15)20-17(22)10-18-21-13-4-3-12(26-7-6-23)9-16(13)27-18/h4-7,13-14,32H,2-3,8-12H2,1H3,(H2,25,26,27)(H,28,29,30);2-5,8-9,23H,6-7,10H2,1H3,(H,24,25). The lowest BCUT2D eigenvalue weighted by Gasteiger charge is -2.06. The van der Waals surface area contributed by atoms with Gasteiger partial charge in [-0.15, -0.1) is 0 Å². The lowest BCUT2D eigenvalue weighted by Crippen LogP contribution is -2.34. The minimum Gasteiger partial charge on any atom is -0.491 e. The van der Waals surface area contributed by atoms with Crippen molar-refractivity contribution in [2.75, 3.05) is 51.4 Å². The number of ketones is 1. The van der Waals surface area contributed by atoms with Crippen LogP contribution in [0.3, 0.4) is 0 Å². The number of aryl methyl sites for hydroxylation is 2. The maximum absolute atomic E-state index is 12.7. The van der Waals surface area contributed by atoms with Crippen LogP contribution in [-0.2, 0) is 20.5 Å². The monoisotopic (exact) mass is 844 g/mol. The number of rotatable bonds is 16. The van der Waals surface area contributed by atoms with Crippen LogP contribution in [0.4, 0.5) is 12.0 Å². The number of carboxylic acid groups (broad SMARTS) is 1. The molecular weight excluding hydrogens is 801 g/mol. The number of hydrogen-bond acceptors (Lipinski definition) is 16. The number of anilines is 2. The number of imidazole rings is 2. The van der Waals surface area contributed by atoms with Gasteiger partial charge in [0.25, 0.3) is 0 Å². The normalized spacial score (nSPS) is 12.4. The van der Waals surface area contributed by atoms with Crippen molar-refractivity contribution in [3.05, 3.63) is 95.6 Å². The van der Waals surface area contributed by atoms with E-state index in [4.69, 9.17) is 33.6 Å². The van der Waals surface area contributed by atoms with Gasteiger partial charge in [-0.3, -0.25) is 15.1 Å². The van der Waals surface area contributed by atoms with Crippen LogP contribution in [0, 0.1) is 0 Å². The van der Waals surface area contributed by atoms with Crippen LogP contribution in [0.5, 0.6) is 11.5 Å². The zero-order chi connectivity index (χ0) is 43.2. The van der Waals surface area contributed by atoms with Gasteiger partial charge in [-0.05, 0) is 67.1 Å². The van der Waals surface area contributed by atoms with Gasteiger partial charge in [-0.1, -0.05) is 0 Å². The Morgan fingerprint density at radius 2 is 1.44 bits per heavy atom. The van der Waals surface area contributed by atoms with E-state index < -0.39 is 5.97 Å². The molecule has 0 bridgehead atoms. The fourth-order valence-electron chi connectivity index (χ4n) is 6.87. The van der Waals surface area contributed by atoms with E-state index in [0.717, 1.165) is 42.3 Å². The van der Waals surface area contributed by atoms with Crippen molar-refractivity contribution >= 4 is 73.9 Å². The third kappa shape index (κ3) is 9.28. The largest absolute Gasteiger partial charge is 0.491 e. The summed E-state index contributed by atoms with van der Waals surface area (Å²) in [6.45, 7) is 2.63. The lowest BCUT2D eigenvalue weighted by molar-refractivity contribution is 0.0696. The van der Waals surface area contributed by atoms with Crippen LogP contribution in [0.25, 0.3) is 44.3 Å². The van der Waals surface area contributed by atoms with Gasteiger partial charge in [0.1, 0.15) is 41.6 Å². The van der Waals surface area contributed by atoms with Gasteiger partial charge < -0.3 is 53.4 Å². The third-order valence-electron chi connectivity index (χ3n) is 9.98. The molecule has 0 amide bonds. The number of aliphatic hydroxyl groups is 2. The van der Waals surface area contributed by atoms with E-state index in [9.17, 15) is 9.59 Å². The molecule has 0 aliphatic carbocycles. The van der Waals surface area contributed by atoms with Crippen molar-refractivity contribution in [1.29, 1.82) is 0 Å². The van der Waals surface area contributed by atoms with Crippen LogP contribution >= 0.6 is 0 Å². The van der Waals surface area contributed by atoms with Crippen molar-refractivity contribution < 1.29 is 43.2 Å². The molecule has 5 heterocycles. The minimum absolute atomic E-state index is 0.0595. The highest BCUT2D eigenvalue weighted by Gasteiger charge is 2.17. The van der Waals surface area contributed by atoms with E-state index in [1.807, 2.05) is 41.4 Å². The Morgan fingerprint density at radius 1 is 0.774 bits per heavy atom. The summed E-state index contributed by atoms with van der Waals surface area (Å²) in [6, 6.07) is 21.3. The van der Waals surface area contributed by atoms with Gasteiger partial charge >= 0.3 is 12.0 Å². The second-order valence-electron chi connectivity index (χ2n) is 14.2. The first-order valence-electron chi connectivity index (χ1n) is 19.9. The number of guanidine groups is 1. The first kappa shape index (κ1) is 41.2. The predicted octanol–water partition coefficient (Wildman–Crippen LogP) is 4.72. The number of benzene rings is 4. The molecule has 0 fully saturated rings. The summed E-state index contributed by atoms with van der Waals surface area (Å²) in [7, 11) is 3.75. The van der Waals surface area contributed by atoms with Crippen molar-refractivity contribution in [1.82, 2.24) is 39.7 Å². The second kappa shape index (κ2) is 18.4. The van der Waals surface area contributed by atoms with Crippen molar-refractivity contribution in [2.24, 2.45) is 19.1 Å². The number of aliphatic imine (C=N–C) groups is 1. The SMILES string of the molecule is Cn1c(Cc2nc3ccc(OCCO)cc3o2)nc2cc(C(=O)O)ccc21.Cn1c(Nc2nc3ccc(OCCO)cc3o2)nc2cc(C(=O)CCCNC3=NCCN3)ccc21. The minimum atomic E-state index is -0.984. The quantitative estimate of drug-likeness (QED) is 0.0569. The number of carbonyl (C=O) groups excluding carboxylic acids is 1. The number of aliphatic hydroxyl groups excluding tert-OH is 2. The molecule has 1 aliphatic rings. The van der Waals surface area contributed by atoms with Crippen LogP contribution < -0.4 is 25.4 Å². The fourth-order valence-corrected chi connectivity index (χ4v) is 6.87. The number of nitrogens with one attached hydrogen (secondary N) is 3.